The Bertz CT molecular complexity index is 446. The Hall–Kier alpha value is -1.92. The van der Waals surface area contributed by atoms with Gasteiger partial charge in [-0.3, -0.25) is 4.99 Å². The van der Waals surface area contributed by atoms with Crippen LogP contribution >= 0.6 is 0 Å². The SMILES string of the molecule is CN=C(NCCCN(C)c1ccccc1)NCCC(F)(F)F. The number of halogens is 3. The maximum Gasteiger partial charge on any atom is 0.390 e. The fourth-order valence-corrected chi connectivity index (χ4v) is 1.88. The normalized spacial score (nSPS) is 12.1. The van der Waals surface area contributed by atoms with Crippen LogP contribution in [-0.2, 0) is 0 Å². The third kappa shape index (κ3) is 7.75. The molecule has 0 fully saturated rings. The van der Waals surface area contributed by atoms with Gasteiger partial charge in [0.05, 0.1) is 6.42 Å². The molecule has 0 saturated heterocycles. The summed E-state index contributed by atoms with van der Waals surface area (Å²) in [6.45, 7) is 1.31. The largest absolute Gasteiger partial charge is 0.390 e. The first-order valence-electron chi connectivity index (χ1n) is 7.20. The summed E-state index contributed by atoms with van der Waals surface area (Å²) < 4.78 is 36.2. The number of nitrogens with one attached hydrogen (secondary N) is 2. The fourth-order valence-electron chi connectivity index (χ4n) is 1.88. The molecule has 0 spiro atoms. The molecular formula is C15H23F3N4. The highest BCUT2D eigenvalue weighted by Crippen LogP contribution is 2.18. The fraction of sp³-hybridized carbons (Fsp3) is 0.533. The molecule has 22 heavy (non-hydrogen) atoms. The van der Waals surface area contributed by atoms with Gasteiger partial charge in [-0.15, -0.1) is 0 Å². The summed E-state index contributed by atoms with van der Waals surface area (Å²) in [7, 11) is 3.55. The van der Waals surface area contributed by atoms with Gasteiger partial charge in [0.25, 0.3) is 0 Å². The molecular weight excluding hydrogens is 293 g/mol. The van der Waals surface area contributed by atoms with Crippen LogP contribution in [0.5, 0.6) is 0 Å². The molecule has 0 unspecified atom stereocenters. The van der Waals surface area contributed by atoms with Gasteiger partial charge in [0.15, 0.2) is 5.96 Å². The van der Waals surface area contributed by atoms with Crippen molar-refractivity contribution in [3.05, 3.63) is 30.3 Å². The predicted octanol–water partition coefficient (Wildman–Crippen LogP) is 2.63. The summed E-state index contributed by atoms with van der Waals surface area (Å²) in [5.41, 5.74) is 1.13. The van der Waals surface area contributed by atoms with Crippen molar-refractivity contribution in [3.8, 4) is 0 Å². The lowest BCUT2D eigenvalue weighted by molar-refractivity contribution is -0.132. The highest BCUT2D eigenvalue weighted by atomic mass is 19.4. The van der Waals surface area contributed by atoms with Gasteiger partial charge in [0, 0.05) is 39.4 Å². The summed E-state index contributed by atoms with van der Waals surface area (Å²) in [5.74, 6) is 0.395. The molecule has 7 heteroatoms. The first-order chi connectivity index (χ1) is 10.4. The van der Waals surface area contributed by atoms with Crippen LogP contribution in [0.25, 0.3) is 0 Å². The Labute approximate surface area is 129 Å². The Morgan fingerprint density at radius 2 is 1.77 bits per heavy atom. The maximum atomic E-state index is 12.1. The summed E-state index contributed by atoms with van der Waals surface area (Å²) in [5, 5.41) is 5.66. The van der Waals surface area contributed by atoms with Crippen molar-refractivity contribution >= 4 is 11.6 Å². The van der Waals surface area contributed by atoms with E-state index in [0.29, 0.717) is 12.5 Å². The minimum Gasteiger partial charge on any atom is -0.375 e. The van der Waals surface area contributed by atoms with E-state index in [0.717, 1.165) is 18.7 Å². The van der Waals surface area contributed by atoms with Crippen molar-refractivity contribution in [1.29, 1.82) is 0 Å². The number of benzene rings is 1. The van der Waals surface area contributed by atoms with Gasteiger partial charge >= 0.3 is 6.18 Å². The van der Waals surface area contributed by atoms with Crippen LogP contribution in [0.4, 0.5) is 18.9 Å². The van der Waals surface area contributed by atoms with Gasteiger partial charge in [0.2, 0.25) is 0 Å². The van der Waals surface area contributed by atoms with E-state index in [2.05, 4.69) is 20.5 Å². The molecule has 0 radical (unpaired) electrons. The number of guanidine groups is 1. The number of nitrogens with zero attached hydrogens (tertiary/aromatic N) is 2. The minimum atomic E-state index is -4.15. The second kappa shape index (κ2) is 9.17. The van der Waals surface area contributed by atoms with Crippen LogP contribution in [0.2, 0.25) is 0 Å². The van der Waals surface area contributed by atoms with Gasteiger partial charge in [-0.1, -0.05) is 18.2 Å². The van der Waals surface area contributed by atoms with E-state index in [1.807, 2.05) is 37.4 Å². The van der Waals surface area contributed by atoms with Crippen LogP contribution in [0.15, 0.2) is 35.3 Å². The zero-order valence-corrected chi connectivity index (χ0v) is 13.0. The lowest BCUT2D eigenvalue weighted by Gasteiger charge is -2.19. The standard InChI is InChI=1S/C15H23F3N4/c1-19-14(21-11-9-15(16,17)18)20-10-6-12-22(2)13-7-4-3-5-8-13/h3-5,7-8H,6,9-12H2,1-2H3,(H2,19,20,21). The van der Waals surface area contributed by atoms with Crippen molar-refractivity contribution in [2.75, 3.05) is 38.6 Å². The van der Waals surface area contributed by atoms with Crippen LogP contribution in [0.3, 0.4) is 0 Å². The topological polar surface area (TPSA) is 39.7 Å². The van der Waals surface area contributed by atoms with Crippen LogP contribution in [-0.4, -0.2) is 45.9 Å². The van der Waals surface area contributed by atoms with E-state index in [4.69, 9.17) is 0 Å². The minimum absolute atomic E-state index is 0.174. The van der Waals surface area contributed by atoms with E-state index in [1.165, 1.54) is 0 Å². The van der Waals surface area contributed by atoms with E-state index in [1.54, 1.807) is 7.05 Å². The lowest BCUT2D eigenvalue weighted by atomic mass is 10.3. The van der Waals surface area contributed by atoms with Crippen LogP contribution in [0, 0.1) is 0 Å². The summed E-state index contributed by atoms with van der Waals surface area (Å²) in [6.07, 6.45) is -4.17. The number of para-hydroxylation sites is 1. The van der Waals surface area contributed by atoms with Crippen molar-refractivity contribution in [1.82, 2.24) is 10.6 Å². The van der Waals surface area contributed by atoms with Gasteiger partial charge in [-0.2, -0.15) is 13.2 Å². The molecule has 1 rings (SSSR count). The average molecular weight is 316 g/mol. The zero-order valence-electron chi connectivity index (χ0n) is 13.0. The monoisotopic (exact) mass is 316 g/mol. The quantitative estimate of drug-likeness (QED) is 0.461. The molecule has 0 atom stereocenters. The number of aliphatic imine (C=N–C) groups is 1. The van der Waals surface area contributed by atoms with E-state index in [9.17, 15) is 13.2 Å². The molecule has 0 saturated carbocycles. The first-order valence-corrected chi connectivity index (χ1v) is 7.20. The molecule has 4 nitrogen and oxygen atoms in total. The first kappa shape index (κ1) is 18.1. The third-order valence-corrected chi connectivity index (χ3v) is 3.08. The van der Waals surface area contributed by atoms with Crippen LogP contribution in [0.1, 0.15) is 12.8 Å². The number of hydrogen-bond acceptors (Lipinski definition) is 2. The predicted molar refractivity (Wildman–Crippen MR) is 84.4 cm³/mol. The van der Waals surface area contributed by atoms with E-state index >= 15 is 0 Å². The van der Waals surface area contributed by atoms with Crippen molar-refractivity contribution in [2.45, 2.75) is 19.0 Å². The lowest BCUT2D eigenvalue weighted by Crippen LogP contribution is -2.40. The number of anilines is 1. The third-order valence-electron chi connectivity index (χ3n) is 3.08. The molecule has 0 aliphatic heterocycles. The highest BCUT2D eigenvalue weighted by molar-refractivity contribution is 5.79. The maximum absolute atomic E-state index is 12.1. The molecule has 0 heterocycles. The van der Waals surface area contributed by atoms with Crippen molar-refractivity contribution in [3.63, 3.8) is 0 Å². The zero-order chi connectivity index (χ0) is 16.4. The van der Waals surface area contributed by atoms with Gasteiger partial charge in [-0.05, 0) is 18.6 Å². The Kier molecular flexibility index (Phi) is 7.56. The number of rotatable bonds is 7. The highest BCUT2D eigenvalue weighted by Gasteiger charge is 2.26. The summed E-state index contributed by atoms with van der Waals surface area (Å²) in [6, 6.07) is 10.00. The molecule has 0 amide bonds. The van der Waals surface area contributed by atoms with Crippen molar-refractivity contribution in [2.24, 2.45) is 4.99 Å². The summed E-state index contributed by atoms with van der Waals surface area (Å²) >= 11 is 0. The van der Waals surface area contributed by atoms with Crippen molar-refractivity contribution < 1.29 is 13.2 Å². The molecule has 1 aromatic carbocycles. The molecule has 0 aliphatic rings. The Morgan fingerprint density at radius 1 is 1.14 bits per heavy atom. The number of hydrogen-bond donors (Lipinski definition) is 2. The van der Waals surface area contributed by atoms with Gasteiger partial charge < -0.3 is 15.5 Å². The molecule has 124 valence electrons. The van der Waals surface area contributed by atoms with Crippen LogP contribution < -0.4 is 15.5 Å². The average Bonchev–Trinajstić information content (AvgIpc) is 2.49. The molecule has 2 N–H and O–H groups in total. The Balaban J connectivity index is 2.19. The second-order valence-electron chi connectivity index (χ2n) is 4.90. The van der Waals surface area contributed by atoms with Gasteiger partial charge in [0.1, 0.15) is 0 Å². The summed E-state index contributed by atoms with van der Waals surface area (Å²) in [4.78, 5) is 6.02. The van der Waals surface area contributed by atoms with E-state index in [-0.39, 0.29) is 6.54 Å². The Morgan fingerprint density at radius 3 is 2.36 bits per heavy atom. The number of alkyl halides is 3. The van der Waals surface area contributed by atoms with Gasteiger partial charge in [-0.25, -0.2) is 0 Å². The molecule has 1 aromatic rings. The molecule has 0 bridgehead atoms. The smallest absolute Gasteiger partial charge is 0.375 e. The molecule has 0 aromatic heterocycles. The van der Waals surface area contributed by atoms with E-state index < -0.39 is 12.6 Å². The molecule has 0 aliphatic carbocycles. The second-order valence-corrected chi connectivity index (χ2v) is 4.90.